The lowest BCUT2D eigenvalue weighted by atomic mass is 10.2. The Morgan fingerprint density at radius 3 is 2.74 bits per heavy atom. The van der Waals surface area contributed by atoms with E-state index in [2.05, 4.69) is 4.98 Å². The average Bonchev–Trinajstić information content (AvgIpc) is 2.89. The summed E-state index contributed by atoms with van der Waals surface area (Å²) in [6.07, 6.45) is 0. The largest absolute Gasteiger partial charge is 0.493 e. The van der Waals surface area contributed by atoms with Crippen molar-refractivity contribution in [3.8, 4) is 22.1 Å². The molecule has 0 saturated heterocycles. The number of carbonyl (C=O) groups excluding carboxylic acids is 1. The van der Waals surface area contributed by atoms with Crippen molar-refractivity contribution in [1.82, 2.24) is 4.98 Å². The lowest BCUT2D eigenvalue weighted by molar-refractivity contribution is 0.101. The van der Waals surface area contributed by atoms with Gasteiger partial charge in [-0.25, -0.2) is 4.98 Å². The van der Waals surface area contributed by atoms with Gasteiger partial charge in [-0.3, -0.25) is 4.79 Å². The number of ether oxygens (including phenoxy) is 2. The summed E-state index contributed by atoms with van der Waals surface area (Å²) in [4.78, 5) is 15.6. The fourth-order valence-electron chi connectivity index (χ4n) is 1.64. The number of benzene rings is 1. The van der Waals surface area contributed by atoms with E-state index in [1.54, 1.807) is 12.5 Å². The first-order chi connectivity index (χ1) is 9.15. The minimum atomic E-state index is -0.0274. The molecule has 0 atom stereocenters. The zero-order valence-corrected chi connectivity index (χ0v) is 11.9. The second-order valence-electron chi connectivity index (χ2n) is 3.89. The van der Waals surface area contributed by atoms with Gasteiger partial charge >= 0.3 is 0 Å². The van der Waals surface area contributed by atoms with Crippen molar-refractivity contribution in [2.24, 2.45) is 0 Å². The summed E-state index contributed by atoms with van der Waals surface area (Å²) in [5.74, 6) is 1.34. The van der Waals surface area contributed by atoms with Crippen LogP contribution in [-0.2, 0) is 0 Å². The fourth-order valence-corrected chi connectivity index (χ4v) is 2.50. The number of carbonyl (C=O) groups is 1. The number of thiazole rings is 1. The van der Waals surface area contributed by atoms with Gasteiger partial charge in [0.05, 0.1) is 13.7 Å². The van der Waals surface area contributed by atoms with Gasteiger partial charge in [0.2, 0.25) is 0 Å². The molecule has 5 heteroatoms. The summed E-state index contributed by atoms with van der Waals surface area (Å²) in [7, 11) is 1.60. The highest BCUT2D eigenvalue weighted by atomic mass is 32.1. The summed E-state index contributed by atoms with van der Waals surface area (Å²) in [5, 5.41) is 2.56. The molecule has 2 aromatic rings. The Kier molecular flexibility index (Phi) is 4.16. The van der Waals surface area contributed by atoms with E-state index in [4.69, 9.17) is 9.47 Å². The lowest BCUT2D eigenvalue weighted by Crippen LogP contribution is -1.95. The highest BCUT2D eigenvalue weighted by Gasteiger charge is 2.11. The summed E-state index contributed by atoms with van der Waals surface area (Å²) < 4.78 is 10.8. The molecule has 1 aromatic carbocycles. The molecule has 0 unspecified atom stereocenters. The van der Waals surface area contributed by atoms with Crippen molar-refractivity contribution in [1.29, 1.82) is 0 Å². The third-order valence-corrected chi connectivity index (χ3v) is 3.47. The van der Waals surface area contributed by atoms with Crippen LogP contribution in [0.3, 0.4) is 0 Å². The molecular formula is C14H15NO3S. The molecule has 0 bridgehead atoms. The Morgan fingerprint density at radius 1 is 1.37 bits per heavy atom. The van der Waals surface area contributed by atoms with Crippen LogP contribution >= 0.6 is 11.3 Å². The third kappa shape index (κ3) is 2.93. The minimum Gasteiger partial charge on any atom is -0.493 e. The van der Waals surface area contributed by atoms with Crippen LogP contribution in [0.15, 0.2) is 23.6 Å². The van der Waals surface area contributed by atoms with Crippen LogP contribution in [0, 0.1) is 0 Å². The Balaban J connectivity index is 2.36. The molecule has 19 heavy (non-hydrogen) atoms. The lowest BCUT2D eigenvalue weighted by Gasteiger charge is -2.09. The van der Waals surface area contributed by atoms with Crippen LogP contribution in [0.2, 0.25) is 0 Å². The topological polar surface area (TPSA) is 48.4 Å². The molecule has 0 aliphatic carbocycles. The second kappa shape index (κ2) is 5.84. The molecule has 4 nitrogen and oxygen atoms in total. The smallest absolute Gasteiger partial charge is 0.178 e. The van der Waals surface area contributed by atoms with Crippen molar-refractivity contribution in [2.75, 3.05) is 13.7 Å². The van der Waals surface area contributed by atoms with Gasteiger partial charge in [-0.05, 0) is 25.1 Å². The molecule has 0 aliphatic heterocycles. The number of Topliss-reactive ketones (excluding diaryl/α,β-unsaturated/α-hetero) is 1. The molecule has 2 rings (SSSR count). The Labute approximate surface area is 116 Å². The average molecular weight is 277 g/mol. The van der Waals surface area contributed by atoms with Gasteiger partial charge in [0, 0.05) is 17.9 Å². The van der Waals surface area contributed by atoms with Gasteiger partial charge in [-0.15, -0.1) is 11.3 Å². The Hall–Kier alpha value is -1.88. The van der Waals surface area contributed by atoms with Gasteiger partial charge < -0.3 is 9.47 Å². The first-order valence-electron chi connectivity index (χ1n) is 5.93. The van der Waals surface area contributed by atoms with E-state index in [0.29, 0.717) is 23.8 Å². The zero-order chi connectivity index (χ0) is 13.8. The summed E-state index contributed by atoms with van der Waals surface area (Å²) in [6, 6.07) is 5.64. The van der Waals surface area contributed by atoms with Crippen molar-refractivity contribution < 1.29 is 14.3 Å². The Bertz CT molecular complexity index is 592. The standard InChI is InChI=1S/C14H15NO3S/c1-4-18-12-6-5-10(7-13(12)17-3)14-15-11(8-19-14)9(2)16/h5-8H,4H2,1-3H3. The predicted octanol–water partition coefficient (Wildman–Crippen LogP) is 3.42. The van der Waals surface area contributed by atoms with Crippen LogP contribution in [0.4, 0.5) is 0 Å². The number of hydrogen-bond donors (Lipinski definition) is 0. The van der Waals surface area contributed by atoms with Crippen LogP contribution in [0.5, 0.6) is 11.5 Å². The molecule has 1 aromatic heterocycles. The van der Waals surface area contributed by atoms with E-state index in [9.17, 15) is 4.79 Å². The first-order valence-corrected chi connectivity index (χ1v) is 6.81. The summed E-state index contributed by atoms with van der Waals surface area (Å²) >= 11 is 1.44. The van der Waals surface area contributed by atoms with Gasteiger partial charge in [-0.1, -0.05) is 0 Å². The van der Waals surface area contributed by atoms with E-state index in [-0.39, 0.29) is 5.78 Å². The van der Waals surface area contributed by atoms with E-state index < -0.39 is 0 Å². The van der Waals surface area contributed by atoms with Crippen LogP contribution in [-0.4, -0.2) is 24.5 Å². The summed E-state index contributed by atoms with van der Waals surface area (Å²) in [6.45, 7) is 4.02. The van der Waals surface area contributed by atoms with Crippen molar-refractivity contribution in [2.45, 2.75) is 13.8 Å². The normalized spacial score (nSPS) is 10.3. The predicted molar refractivity (Wildman–Crippen MR) is 75.3 cm³/mol. The molecule has 1 heterocycles. The van der Waals surface area contributed by atoms with Crippen LogP contribution in [0.25, 0.3) is 10.6 Å². The molecule has 0 aliphatic rings. The van der Waals surface area contributed by atoms with Crippen molar-refractivity contribution in [3.63, 3.8) is 0 Å². The highest BCUT2D eigenvalue weighted by Crippen LogP contribution is 2.33. The molecule has 0 amide bonds. The van der Waals surface area contributed by atoms with Gasteiger partial charge in [0.25, 0.3) is 0 Å². The maximum atomic E-state index is 11.3. The molecule has 0 N–H and O–H groups in total. The van der Waals surface area contributed by atoms with E-state index in [0.717, 1.165) is 10.6 Å². The highest BCUT2D eigenvalue weighted by molar-refractivity contribution is 7.13. The summed E-state index contributed by atoms with van der Waals surface area (Å²) in [5.41, 5.74) is 1.41. The number of methoxy groups -OCH3 is 1. The van der Waals surface area contributed by atoms with E-state index in [1.165, 1.54) is 18.3 Å². The molecular weight excluding hydrogens is 262 g/mol. The molecule has 0 saturated carbocycles. The molecule has 100 valence electrons. The Morgan fingerprint density at radius 2 is 2.16 bits per heavy atom. The van der Waals surface area contributed by atoms with Crippen LogP contribution < -0.4 is 9.47 Å². The van der Waals surface area contributed by atoms with Gasteiger partial charge in [0.1, 0.15) is 10.7 Å². The molecule has 0 radical (unpaired) electrons. The maximum Gasteiger partial charge on any atom is 0.178 e. The monoisotopic (exact) mass is 277 g/mol. The van der Waals surface area contributed by atoms with Gasteiger partial charge in [-0.2, -0.15) is 0 Å². The first kappa shape index (κ1) is 13.5. The third-order valence-electron chi connectivity index (χ3n) is 2.58. The maximum absolute atomic E-state index is 11.3. The number of aromatic nitrogens is 1. The zero-order valence-electron chi connectivity index (χ0n) is 11.1. The fraction of sp³-hybridized carbons (Fsp3) is 0.286. The number of rotatable bonds is 5. The van der Waals surface area contributed by atoms with E-state index >= 15 is 0 Å². The number of nitrogens with zero attached hydrogens (tertiary/aromatic N) is 1. The van der Waals surface area contributed by atoms with E-state index in [1.807, 2.05) is 25.1 Å². The second-order valence-corrected chi connectivity index (χ2v) is 4.75. The van der Waals surface area contributed by atoms with Crippen LogP contribution in [0.1, 0.15) is 24.3 Å². The molecule has 0 fully saturated rings. The number of hydrogen-bond acceptors (Lipinski definition) is 5. The van der Waals surface area contributed by atoms with Crippen molar-refractivity contribution >= 4 is 17.1 Å². The minimum absolute atomic E-state index is 0.0274. The molecule has 0 spiro atoms. The van der Waals surface area contributed by atoms with Gasteiger partial charge in [0.15, 0.2) is 17.3 Å². The number of ketones is 1. The van der Waals surface area contributed by atoms with Crippen molar-refractivity contribution in [3.05, 3.63) is 29.3 Å². The SMILES string of the molecule is CCOc1ccc(-c2nc(C(C)=O)cs2)cc1OC. The quantitative estimate of drug-likeness (QED) is 0.786.